The van der Waals surface area contributed by atoms with E-state index in [2.05, 4.69) is 18.5 Å². The van der Waals surface area contributed by atoms with Gasteiger partial charge in [0.05, 0.1) is 0 Å². The van der Waals surface area contributed by atoms with Crippen LogP contribution in [0.2, 0.25) is 0 Å². The number of rotatable bonds is 4. The molecular weight excluding hydrogens is 218 g/mol. The fraction of sp³-hybridized carbons (Fsp3) is 0.462. The second-order valence-electron chi connectivity index (χ2n) is 4.15. The van der Waals surface area contributed by atoms with E-state index in [-0.39, 0.29) is 0 Å². The molecule has 2 rings (SSSR count). The molecule has 2 nitrogen and oxygen atoms in total. The van der Waals surface area contributed by atoms with Gasteiger partial charge in [-0.2, -0.15) is 0 Å². The van der Waals surface area contributed by atoms with Crippen molar-refractivity contribution in [1.29, 1.82) is 0 Å². The summed E-state index contributed by atoms with van der Waals surface area (Å²) in [6.45, 7) is 2.22. The van der Waals surface area contributed by atoms with Gasteiger partial charge in [0.15, 0.2) is 5.75 Å². The van der Waals surface area contributed by atoms with Crippen LogP contribution >= 0.6 is 12.2 Å². The summed E-state index contributed by atoms with van der Waals surface area (Å²) >= 11 is 5.32. The summed E-state index contributed by atoms with van der Waals surface area (Å²) < 4.78 is 0. The smallest absolute Gasteiger partial charge is 0.158 e. The van der Waals surface area contributed by atoms with E-state index < -0.39 is 0 Å². The summed E-state index contributed by atoms with van der Waals surface area (Å²) in [6.07, 6.45) is 4.84. The molecule has 1 aliphatic rings. The first kappa shape index (κ1) is 11.4. The third-order valence-corrected chi connectivity index (χ3v) is 3.34. The number of hydroxylamine groups is 1. The molecule has 0 saturated carbocycles. The average molecular weight is 235 g/mol. The number of benzene rings is 1. The molecule has 86 valence electrons. The Morgan fingerprint density at radius 2 is 2.12 bits per heavy atom. The van der Waals surface area contributed by atoms with Crippen LogP contribution in [0, 0.1) is 0 Å². The second-order valence-corrected chi connectivity index (χ2v) is 4.59. The maximum Gasteiger partial charge on any atom is 0.158 e. The Balaban J connectivity index is 2.13. The Morgan fingerprint density at radius 1 is 1.31 bits per heavy atom. The number of unbranched alkanes of at least 4 members (excludes halogenated alkanes) is 2. The van der Waals surface area contributed by atoms with Crippen molar-refractivity contribution in [1.82, 2.24) is 5.48 Å². The highest BCUT2D eigenvalue weighted by atomic mass is 32.1. The van der Waals surface area contributed by atoms with Gasteiger partial charge in [0, 0.05) is 11.5 Å². The molecular formula is C13H17NOS. The highest BCUT2D eigenvalue weighted by Gasteiger charge is 2.25. The fourth-order valence-corrected chi connectivity index (χ4v) is 2.35. The molecule has 1 unspecified atom stereocenters. The fourth-order valence-electron chi connectivity index (χ4n) is 2.06. The Kier molecular flexibility index (Phi) is 3.78. The first-order valence-corrected chi connectivity index (χ1v) is 6.29. The monoisotopic (exact) mass is 235 g/mol. The third-order valence-electron chi connectivity index (χ3n) is 2.97. The zero-order valence-corrected chi connectivity index (χ0v) is 10.3. The van der Waals surface area contributed by atoms with Gasteiger partial charge in [0.1, 0.15) is 4.99 Å². The van der Waals surface area contributed by atoms with Gasteiger partial charge in [-0.25, -0.2) is 5.48 Å². The lowest BCUT2D eigenvalue weighted by Gasteiger charge is -2.27. The quantitative estimate of drug-likeness (QED) is 0.636. The van der Waals surface area contributed by atoms with Gasteiger partial charge in [-0.05, 0) is 12.5 Å². The number of para-hydroxylation sites is 1. The molecule has 0 spiro atoms. The van der Waals surface area contributed by atoms with Crippen molar-refractivity contribution < 1.29 is 4.84 Å². The minimum absolute atomic E-state index is 0.325. The zero-order valence-electron chi connectivity index (χ0n) is 9.53. The molecule has 0 bridgehead atoms. The SMILES string of the molecule is CCCCCC1C(=S)NOc2ccccc21. The molecule has 1 N–H and O–H groups in total. The van der Waals surface area contributed by atoms with Gasteiger partial charge >= 0.3 is 0 Å². The minimum atomic E-state index is 0.325. The van der Waals surface area contributed by atoms with Crippen molar-refractivity contribution >= 4 is 17.2 Å². The zero-order chi connectivity index (χ0) is 11.4. The summed E-state index contributed by atoms with van der Waals surface area (Å²) in [7, 11) is 0. The Morgan fingerprint density at radius 3 is 2.94 bits per heavy atom. The van der Waals surface area contributed by atoms with Crippen molar-refractivity contribution in [2.75, 3.05) is 0 Å². The van der Waals surface area contributed by atoms with E-state index in [1.807, 2.05) is 18.2 Å². The number of thiocarbonyl (C=S) groups is 1. The van der Waals surface area contributed by atoms with Crippen molar-refractivity contribution in [2.24, 2.45) is 0 Å². The molecule has 1 aliphatic heterocycles. The minimum Gasteiger partial charge on any atom is -0.381 e. The van der Waals surface area contributed by atoms with Gasteiger partial charge in [-0.3, -0.25) is 0 Å². The standard InChI is InChI=1S/C13H17NOS/c1-2-3-4-8-11-10-7-5-6-9-12(10)15-14-13(11)16/h5-7,9,11H,2-4,8H2,1H3,(H,14,16). The van der Waals surface area contributed by atoms with E-state index in [0.29, 0.717) is 5.92 Å². The summed E-state index contributed by atoms with van der Waals surface area (Å²) in [6, 6.07) is 8.12. The van der Waals surface area contributed by atoms with Crippen LogP contribution in [0.4, 0.5) is 0 Å². The second kappa shape index (κ2) is 5.30. The van der Waals surface area contributed by atoms with Crippen molar-refractivity contribution in [3.05, 3.63) is 29.8 Å². The maximum atomic E-state index is 5.38. The van der Waals surface area contributed by atoms with Crippen LogP contribution in [-0.4, -0.2) is 4.99 Å². The molecule has 0 amide bonds. The van der Waals surface area contributed by atoms with Crippen LogP contribution in [0.25, 0.3) is 0 Å². The highest BCUT2D eigenvalue weighted by molar-refractivity contribution is 7.80. The molecule has 1 heterocycles. The van der Waals surface area contributed by atoms with Crippen molar-refractivity contribution in [3.8, 4) is 5.75 Å². The van der Waals surface area contributed by atoms with Crippen molar-refractivity contribution in [2.45, 2.75) is 38.5 Å². The van der Waals surface area contributed by atoms with Gasteiger partial charge < -0.3 is 4.84 Å². The molecule has 0 fully saturated rings. The number of fused-ring (bicyclic) bond motifs is 1. The molecule has 0 aliphatic carbocycles. The third kappa shape index (κ3) is 2.35. The highest BCUT2D eigenvalue weighted by Crippen LogP contribution is 2.33. The van der Waals surface area contributed by atoms with Crippen LogP contribution in [0.3, 0.4) is 0 Å². The molecule has 0 saturated heterocycles. The summed E-state index contributed by atoms with van der Waals surface area (Å²) in [5.74, 6) is 1.24. The van der Waals surface area contributed by atoms with Gasteiger partial charge in [-0.15, -0.1) is 0 Å². The molecule has 0 aromatic heterocycles. The summed E-state index contributed by atoms with van der Waals surface area (Å²) in [4.78, 5) is 6.20. The van der Waals surface area contributed by atoms with E-state index in [1.54, 1.807) is 0 Å². The van der Waals surface area contributed by atoms with Crippen LogP contribution in [0.15, 0.2) is 24.3 Å². The van der Waals surface area contributed by atoms with E-state index in [9.17, 15) is 0 Å². The van der Waals surface area contributed by atoms with Crippen LogP contribution in [0.5, 0.6) is 5.75 Å². The topological polar surface area (TPSA) is 21.3 Å². The van der Waals surface area contributed by atoms with Crippen LogP contribution in [0.1, 0.15) is 44.1 Å². The first-order valence-electron chi connectivity index (χ1n) is 5.88. The van der Waals surface area contributed by atoms with Crippen molar-refractivity contribution in [3.63, 3.8) is 0 Å². The molecule has 3 heteroatoms. The Hall–Kier alpha value is -1.09. The van der Waals surface area contributed by atoms with E-state index in [4.69, 9.17) is 17.1 Å². The largest absolute Gasteiger partial charge is 0.381 e. The lowest BCUT2D eigenvalue weighted by molar-refractivity contribution is 0.244. The Labute approximate surface area is 102 Å². The molecule has 1 atom stereocenters. The van der Waals surface area contributed by atoms with Gasteiger partial charge in [-0.1, -0.05) is 56.6 Å². The lowest BCUT2D eigenvalue weighted by Crippen LogP contribution is -2.35. The molecule has 1 aromatic rings. The Bertz CT molecular complexity index is 378. The molecule has 0 radical (unpaired) electrons. The molecule has 1 aromatic carbocycles. The number of nitrogens with one attached hydrogen (secondary N) is 1. The number of hydrogen-bond donors (Lipinski definition) is 1. The van der Waals surface area contributed by atoms with E-state index in [0.717, 1.165) is 17.2 Å². The van der Waals surface area contributed by atoms with Crippen LogP contribution < -0.4 is 10.3 Å². The predicted octanol–water partition coefficient (Wildman–Crippen LogP) is 3.57. The number of hydrogen-bond acceptors (Lipinski definition) is 2. The van der Waals surface area contributed by atoms with E-state index in [1.165, 1.54) is 24.8 Å². The van der Waals surface area contributed by atoms with Crippen LogP contribution in [-0.2, 0) is 0 Å². The van der Waals surface area contributed by atoms with Gasteiger partial charge in [0.25, 0.3) is 0 Å². The lowest BCUT2D eigenvalue weighted by atomic mass is 9.92. The summed E-state index contributed by atoms with van der Waals surface area (Å²) in [5.41, 5.74) is 4.07. The average Bonchev–Trinajstić information content (AvgIpc) is 2.32. The predicted molar refractivity (Wildman–Crippen MR) is 69.7 cm³/mol. The first-order chi connectivity index (χ1) is 7.83. The summed E-state index contributed by atoms with van der Waals surface area (Å²) in [5, 5.41) is 0. The van der Waals surface area contributed by atoms with E-state index >= 15 is 0 Å². The molecule has 16 heavy (non-hydrogen) atoms. The maximum absolute atomic E-state index is 5.38. The normalized spacial score (nSPS) is 18.6. The van der Waals surface area contributed by atoms with Gasteiger partial charge in [0.2, 0.25) is 0 Å².